The number of fused-ring (bicyclic) bond motifs is 1. The van der Waals surface area contributed by atoms with Crippen molar-refractivity contribution in [2.24, 2.45) is 0 Å². The Hall–Kier alpha value is -3.26. The number of anilines is 1. The van der Waals surface area contributed by atoms with E-state index in [4.69, 9.17) is 10.00 Å². The van der Waals surface area contributed by atoms with E-state index >= 15 is 0 Å². The zero-order valence-corrected chi connectivity index (χ0v) is 12.4. The lowest BCUT2D eigenvalue weighted by molar-refractivity contribution is 0.155. The van der Waals surface area contributed by atoms with E-state index in [-0.39, 0.29) is 6.61 Å². The fourth-order valence-electron chi connectivity index (χ4n) is 2.36. The Labute approximate surface area is 133 Å². The highest BCUT2D eigenvalue weighted by molar-refractivity contribution is 5.91. The Kier molecular flexibility index (Phi) is 4.25. The summed E-state index contributed by atoms with van der Waals surface area (Å²) in [4.78, 5) is 15.0. The largest absolute Gasteiger partial charge is 0.444 e. The van der Waals surface area contributed by atoms with Crippen LogP contribution in [0.5, 0.6) is 0 Å². The standard InChI is InChI=1S/C18H15N3O2/c19-9-8-14-11-20-17-7-6-15(10-16(14)17)21-18(22)23-12-13-4-2-1-3-5-13/h1-7,10-11,20H,8,12H2,(H,21,22). The maximum atomic E-state index is 11.9. The fourth-order valence-corrected chi connectivity index (χ4v) is 2.36. The van der Waals surface area contributed by atoms with Crippen LogP contribution in [0.1, 0.15) is 11.1 Å². The summed E-state index contributed by atoms with van der Waals surface area (Å²) < 4.78 is 5.19. The van der Waals surface area contributed by atoms with Crippen molar-refractivity contribution in [1.29, 1.82) is 5.26 Å². The number of ether oxygens (including phenoxy) is 1. The Bertz CT molecular complexity index is 863. The van der Waals surface area contributed by atoms with Crippen LogP contribution in [0.25, 0.3) is 10.9 Å². The Morgan fingerprint density at radius 2 is 2.04 bits per heavy atom. The molecule has 0 fully saturated rings. The van der Waals surface area contributed by atoms with Crippen molar-refractivity contribution < 1.29 is 9.53 Å². The number of carbonyl (C=O) groups excluding carboxylic acids is 1. The predicted molar refractivity (Wildman–Crippen MR) is 87.9 cm³/mol. The zero-order chi connectivity index (χ0) is 16.1. The lowest BCUT2D eigenvalue weighted by Gasteiger charge is -2.07. The van der Waals surface area contributed by atoms with Crippen molar-refractivity contribution in [2.75, 3.05) is 5.32 Å². The number of nitrogens with one attached hydrogen (secondary N) is 2. The molecule has 23 heavy (non-hydrogen) atoms. The summed E-state index contributed by atoms with van der Waals surface area (Å²) >= 11 is 0. The number of nitrogens with zero attached hydrogens (tertiary/aromatic N) is 1. The summed E-state index contributed by atoms with van der Waals surface area (Å²) in [5.74, 6) is 0. The summed E-state index contributed by atoms with van der Waals surface area (Å²) in [6, 6.07) is 17.1. The van der Waals surface area contributed by atoms with Crippen LogP contribution in [0.2, 0.25) is 0 Å². The molecule has 0 radical (unpaired) electrons. The second kappa shape index (κ2) is 6.67. The van der Waals surface area contributed by atoms with E-state index in [2.05, 4.69) is 16.4 Å². The van der Waals surface area contributed by atoms with Gasteiger partial charge in [-0.1, -0.05) is 30.3 Å². The van der Waals surface area contributed by atoms with E-state index in [1.54, 1.807) is 6.07 Å². The fraction of sp³-hybridized carbons (Fsp3) is 0.111. The average Bonchev–Trinajstić information content (AvgIpc) is 2.97. The molecule has 5 nitrogen and oxygen atoms in total. The molecule has 3 rings (SSSR count). The predicted octanol–water partition coefficient (Wildman–Crippen LogP) is 3.98. The van der Waals surface area contributed by atoms with Gasteiger partial charge < -0.3 is 9.72 Å². The molecule has 114 valence electrons. The van der Waals surface area contributed by atoms with Crippen LogP contribution < -0.4 is 5.32 Å². The number of hydrogen-bond donors (Lipinski definition) is 2. The van der Waals surface area contributed by atoms with Crippen LogP contribution in [-0.4, -0.2) is 11.1 Å². The molecule has 0 bridgehead atoms. The van der Waals surface area contributed by atoms with E-state index in [1.165, 1.54) is 0 Å². The lowest BCUT2D eigenvalue weighted by atomic mass is 10.1. The van der Waals surface area contributed by atoms with Crippen LogP contribution in [0, 0.1) is 11.3 Å². The molecule has 1 amide bonds. The molecular weight excluding hydrogens is 290 g/mol. The molecular formula is C18H15N3O2. The molecule has 1 heterocycles. The van der Waals surface area contributed by atoms with Gasteiger partial charge >= 0.3 is 6.09 Å². The molecule has 2 N–H and O–H groups in total. The number of amides is 1. The van der Waals surface area contributed by atoms with Crippen molar-refractivity contribution in [3.8, 4) is 6.07 Å². The topological polar surface area (TPSA) is 77.9 Å². The molecule has 0 saturated heterocycles. The van der Waals surface area contributed by atoms with E-state index in [0.717, 1.165) is 22.0 Å². The first-order valence-corrected chi connectivity index (χ1v) is 7.21. The monoisotopic (exact) mass is 305 g/mol. The van der Waals surface area contributed by atoms with Gasteiger partial charge in [0, 0.05) is 22.8 Å². The van der Waals surface area contributed by atoms with Gasteiger partial charge in [-0.05, 0) is 29.3 Å². The third-order valence-electron chi connectivity index (χ3n) is 3.50. The highest BCUT2D eigenvalue weighted by atomic mass is 16.5. The van der Waals surface area contributed by atoms with Gasteiger partial charge in [0.2, 0.25) is 0 Å². The molecule has 0 spiro atoms. The average molecular weight is 305 g/mol. The molecule has 0 aliphatic rings. The number of carbonyl (C=O) groups is 1. The number of aromatic nitrogens is 1. The highest BCUT2D eigenvalue weighted by Crippen LogP contribution is 2.22. The molecule has 5 heteroatoms. The third-order valence-corrected chi connectivity index (χ3v) is 3.50. The second-order valence-electron chi connectivity index (χ2n) is 5.10. The van der Waals surface area contributed by atoms with Gasteiger partial charge in [0.25, 0.3) is 0 Å². The van der Waals surface area contributed by atoms with Gasteiger partial charge in [0.1, 0.15) is 6.61 Å². The van der Waals surface area contributed by atoms with E-state index < -0.39 is 6.09 Å². The summed E-state index contributed by atoms with van der Waals surface area (Å²) in [5, 5.41) is 12.5. The summed E-state index contributed by atoms with van der Waals surface area (Å²) in [6.45, 7) is 0.221. The molecule has 0 atom stereocenters. The van der Waals surface area contributed by atoms with E-state index in [9.17, 15) is 4.79 Å². The highest BCUT2D eigenvalue weighted by Gasteiger charge is 2.07. The van der Waals surface area contributed by atoms with Crippen LogP contribution in [-0.2, 0) is 17.8 Å². The number of benzene rings is 2. The number of nitriles is 1. The van der Waals surface area contributed by atoms with Gasteiger partial charge in [-0.2, -0.15) is 5.26 Å². The van der Waals surface area contributed by atoms with E-state index in [0.29, 0.717) is 12.1 Å². The molecule has 0 aliphatic heterocycles. The number of rotatable bonds is 4. The normalized spacial score (nSPS) is 10.2. The third kappa shape index (κ3) is 3.50. The first kappa shape index (κ1) is 14.7. The number of aromatic amines is 1. The SMILES string of the molecule is N#CCc1c[nH]c2ccc(NC(=O)OCc3ccccc3)cc12. The van der Waals surface area contributed by atoms with Gasteiger partial charge in [0.15, 0.2) is 0 Å². The molecule has 0 aliphatic carbocycles. The number of hydrogen-bond acceptors (Lipinski definition) is 3. The van der Waals surface area contributed by atoms with Crippen LogP contribution in [0.4, 0.5) is 10.5 Å². The quantitative estimate of drug-likeness (QED) is 0.765. The number of H-pyrrole nitrogens is 1. The molecule has 0 saturated carbocycles. The molecule has 2 aromatic carbocycles. The Morgan fingerprint density at radius 1 is 1.22 bits per heavy atom. The van der Waals surface area contributed by atoms with Crippen molar-refractivity contribution in [3.05, 3.63) is 65.9 Å². The summed E-state index contributed by atoms with van der Waals surface area (Å²) in [5.41, 5.74) is 3.40. The second-order valence-corrected chi connectivity index (χ2v) is 5.10. The van der Waals surface area contributed by atoms with Crippen LogP contribution in [0.3, 0.4) is 0 Å². The minimum absolute atomic E-state index is 0.221. The van der Waals surface area contributed by atoms with Gasteiger partial charge in [-0.3, -0.25) is 5.32 Å². The van der Waals surface area contributed by atoms with Gasteiger partial charge in [-0.25, -0.2) is 4.79 Å². The Morgan fingerprint density at radius 3 is 2.83 bits per heavy atom. The maximum absolute atomic E-state index is 11.9. The minimum atomic E-state index is -0.509. The Balaban J connectivity index is 1.67. The molecule has 3 aromatic rings. The van der Waals surface area contributed by atoms with Crippen molar-refractivity contribution in [3.63, 3.8) is 0 Å². The maximum Gasteiger partial charge on any atom is 0.411 e. The smallest absolute Gasteiger partial charge is 0.411 e. The van der Waals surface area contributed by atoms with Crippen molar-refractivity contribution in [2.45, 2.75) is 13.0 Å². The first-order chi connectivity index (χ1) is 11.3. The molecule has 0 unspecified atom stereocenters. The zero-order valence-electron chi connectivity index (χ0n) is 12.4. The summed E-state index contributed by atoms with van der Waals surface area (Å²) in [7, 11) is 0. The first-order valence-electron chi connectivity index (χ1n) is 7.21. The van der Waals surface area contributed by atoms with Crippen LogP contribution in [0.15, 0.2) is 54.7 Å². The molecule has 1 aromatic heterocycles. The van der Waals surface area contributed by atoms with Crippen molar-refractivity contribution >= 4 is 22.7 Å². The lowest BCUT2D eigenvalue weighted by Crippen LogP contribution is -2.13. The minimum Gasteiger partial charge on any atom is -0.444 e. The van der Waals surface area contributed by atoms with Crippen molar-refractivity contribution in [1.82, 2.24) is 4.98 Å². The van der Waals surface area contributed by atoms with Crippen LogP contribution >= 0.6 is 0 Å². The van der Waals surface area contributed by atoms with E-state index in [1.807, 2.05) is 48.7 Å². The summed E-state index contributed by atoms with van der Waals surface area (Å²) in [6.07, 6.45) is 1.62. The van der Waals surface area contributed by atoms with Gasteiger partial charge in [-0.15, -0.1) is 0 Å². The van der Waals surface area contributed by atoms with Gasteiger partial charge in [0.05, 0.1) is 12.5 Å².